The Bertz CT molecular complexity index is 249. The van der Waals surface area contributed by atoms with E-state index in [9.17, 15) is 8.42 Å². The van der Waals surface area contributed by atoms with Crippen molar-refractivity contribution in [1.82, 2.24) is 4.90 Å². The van der Waals surface area contributed by atoms with E-state index in [1.807, 2.05) is 7.05 Å². The van der Waals surface area contributed by atoms with Crippen LogP contribution in [0.1, 0.15) is 19.3 Å². The van der Waals surface area contributed by atoms with Crippen LogP contribution >= 0.6 is 10.7 Å². The summed E-state index contributed by atoms with van der Waals surface area (Å²) >= 11 is 0. The van der Waals surface area contributed by atoms with E-state index in [0.29, 0.717) is 6.42 Å². The molecule has 0 saturated heterocycles. The molecule has 1 saturated carbocycles. The second-order valence-electron chi connectivity index (χ2n) is 3.80. The summed E-state index contributed by atoms with van der Waals surface area (Å²) in [5, 5.41) is 0. The first-order valence-electron chi connectivity index (χ1n) is 4.58. The molecule has 5 heteroatoms. The van der Waals surface area contributed by atoms with Crippen LogP contribution in [-0.2, 0) is 9.05 Å². The fraction of sp³-hybridized carbons (Fsp3) is 1.00. The lowest BCUT2D eigenvalue weighted by Gasteiger charge is -2.14. The number of rotatable bonds is 6. The Labute approximate surface area is 84.5 Å². The zero-order valence-electron chi connectivity index (χ0n) is 7.87. The van der Waals surface area contributed by atoms with Gasteiger partial charge in [0.25, 0.3) is 0 Å². The smallest absolute Gasteiger partial charge is 0.232 e. The van der Waals surface area contributed by atoms with Crippen LogP contribution in [0.25, 0.3) is 0 Å². The minimum absolute atomic E-state index is 0.0869. The second kappa shape index (κ2) is 4.62. The van der Waals surface area contributed by atoms with Crippen LogP contribution in [0, 0.1) is 5.92 Å². The summed E-state index contributed by atoms with van der Waals surface area (Å²) in [4.78, 5) is 2.18. The molecule has 0 atom stereocenters. The molecule has 0 radical (unpaired) electrons. The van der Waals surface area contributed by atoms with Gasteiger partial charge in [0.2, 0.25) is 9.05 Å². The zero-order chi connectivity index (χ0) is 9.90. The highest BCUT2D eigenvalue weighted by atomic mass is 35.7. The van der Waals surface area contributed by atoms with E-state index in [-0.39, 0.29) is 5.75 Å². The summed E-state index contributed by atoms with van der Waals surface area (Å²) in [5.41, 5.74) is 0. The normalized spacial score (nSPS) is 18.1. The van der Waals surface area contributed by atoms with Crippen molar-refractivity contribution >= 4 is 19.7 Å². The van der Waals surface area contributed by atoms with E-state index in [1.54, 1.807) is 0 Å². The highest BCUT2D eigenvalue weighted by molar-refractivity contribution is 8.13. The van der Waals surface area contributed by atoms with E-state index in [4.69, 9.17) is 10.7 Å². The number of halogens is 1. The van der Waals surface area contributed by atoms with Crippen molar-refractivity contribution < 1.29 is 8.42 Å². The first kappa shape index (κ1) is 11.3. The molecule has 1 fully saturated rings. The Kier molecular flexibility index (Phi) is 4.01. The summed E-state index contributed by atoms with van der Waals surface area (Å²) in [7, 11) is 3.83. The molecule has 0 bridgehead atoms. The van der Waals surface area contributed by atoms with Crippen molar-refractivity contribution in [3.8, 4) is 0 Å². The maximum Gasteiger partial charge on any atom is 0.232 e. The third-order valence-electron chi connectivity index (χ3n) is 2.19. The molecule has 0 heterocycles. The SMILES string of the molecule is CN(CCCS(=O)(=O)Cl)CC1CC1. The Morgan fingerprint density at radius 1 is 1.46 bits per heavy atom. The standard InChI is InChI=1S/C8H16ClNO2S/c1-10(7-8-3-4-8)5-2-6-13(9,11)12/h8H,2-7H2,1H3. The van der Waals surface area contributed by atoms with Crippen LogP contribution in [0.4, 0.5) is 0 Å². The maximum atomic E-state index is 10.6. The molecule has 0 N–H and O–H groups in total. The molecule has 0 aromatic carbocycles. The molecule has 78 valence electrons. The van der Waals surface area contributed by atoms with Crippen molar-refractivity contribution in [3.63, 3.8) is 0 Å². The molecule has 1 aliphatic carbocycles. The molecule has 0 amide bonds. The second-order valence-corrected chi connectivity index (χ2v) is 6.70. The molecule has 3 nitrogen and oxygen atoms in total. The molecule has 0 aromatic heterocycles. The van der Waals surface area contributed by atoms with Gasteiger partial charge in [-0.25, -0.2) is 8.42 Å². The Hall–Kier alpha value is 0.200. The van der Waals surface area contributed by atoms with Gasteiger partial charge >= 0.3 is 0 Å². The highest BCUT2D eigenvalue weighted by Crippen LogP contribution is 2.29. The number of hydrogen-bond acceptors (Lipinski definition) is 3. The minimum Gasteiger partial charge on any atom is -0.306 e. The minimum atomic E-state index is -3.29. The van der Waals surface area contributed by atoms with Crippen molar-refractivity contribution in [2.45, 2.75) is 19.3 Å². The van der Waals surface area contributed by atoms with Crippen LogP contribution in [-0.4, -0.2) is 39.2 Å². The summed E-state index contributed by atoms with van der Waals surface area (Å²) in [6, 6.07) is 0. The van der Waals surface area contributed by atoms with Crippen LogP contribution < -0.4 is 0 Å². The van der Waals surface area contributed by atoms with Gasteiger partial charge in [-0.1, -0.05) is 0 Å². The van der Waals surface area contributed by atoms with Crippen molar-refractivity contribution in [1.29, 1.82) is 0 Å². The molecule has 0 aromatic rings. The maximum absolute atomic E-state index is 10.6. The summed E-state index contributed by atoms with van der Waals surface area (Å²) in [6.45, 7) is 1.92. The highest BCUT2D eigenvalue weighted by Gasteiger charge is 2.22. The van der Waals surface area contributed by atoms with E-state index in [1.165, 1.54) is 12.8 Å². The van der Waals surface area contributed by atoms with Crippen LogP contribution in [0.2, 0.25) is 0 Å². The lowest BCUT2D eigenvalue weighted by molar-refractivity contribution is 0.321. The summed E-state index contributed by atoms with van der Waals surface area (Å²) in [6.07, 6.45) is 3.30. The largest absolute Gasteiger partial charge is 0.306 e. The van der Waals surface area contributed by atoms with Crippen molar-refractivity contribution in [2.24, 2.45) is 5.92 Å². The first-order chi connectivity index (χ1) is 5.97. The third kappa shape index (κ3) is 6.29. The Balaban J connectivity index is 2.04. The molecule has 13 heavy (non-hydrogen) atoms. The van der Waals surface area contributed by atoms with Crippen LogP contribution in [0.3, 0.4) is 0 Å². The molecule has 0 unspecified atom stereocenters. The van der Waals surface area contributed by atoms with Gasteiger partial charge in [-0.3, -0.25) is 0 Å². The Morgan fingerprint density at radius 2 is 2.08 bits per heavy atom. The van der Waals surface area contributed by atoms with Crippen LogP contribution in [0.15, 0.2) is 0 Å². The van der Waals surface area contributed by atoms with Crippen molar-refractivity contribution in [3.05, 3.63) is 0 Å². The van der Waals surface area contributed by atoms with Gasteiger partial charge in [-0.05, 0) is 38.8 Å². The van der Waals surface area contributed by atoms with Gasteiger partial charge in [0.1, 0.15) is 0 Å². The predicted molar refractivity (Wildman–Crippen MR) is 54.5 cm³/mol. The van der Waals surface area contributed by atoms with Gasteiger partial charge in [0.05, 0.1) is 5.75 Å². The molecule has 0 spiro atoms. The lowest BCUT2D eigenvalue weighted by Crippen LogP contribution is -2.23. The van der Waals surface area contributed by atoms with Gasteiger partial charge in [-0.2, -0.15) is 0 Å². The van der Waals surface area contributed by atoms with E-state index < -0.39 is 9.05 Å². The van der Waals surface area contributed by atoms with Gasteiger partial charge in [0, 0.05) is 17.2 Å². The zero-order valence-corrected chi connectivity index (χ0v) is 9.44. The lowest BCUT2D eigenvalue weighted by atomic mass is 10.3. The quantitative estimate of drug-likeness (QED) is 0.640. The summed E-state index contributed by atoms with van der Waals surface area (Å²) < 4.78 is 21.2. The average Bonchev–Trinajstić information content (AvgIpc) is 2.68. The molecule has 0 aliphatic heterocycles. The van der Waals surface area contributed by atoms with Crippen LogP contribution in [0.5, 0.6) is 0 Å². The van der Waals surface area contributed by atoms with E-state index in [2.05, 4.69) is 4.90 Å². The van der Waals surface area contributed by atoms with Gasteiger partial charge < -0.3 is 4.90 Å². The van der Waals surface area contributed by atoms with Gasteiger partial charge in [0.15, 0.2) is 0 Å². The summed E-state index contributed by atoms with van der Waals surface area (Å²) in [5.74, 6) is 0.946. The Morgan fingerprint density at radius 3 is 2.54 bits per heavy atom. The van der Waals surface area contributed by atoms with E-state index >= 15 is 0 Å². The van der Waals surface area contributed by atoms with Crippen molar-refractivity contribution in [2.75, 3.05) is 25.9 Å². The van der Waals surface area contributed by atoms with Gasteiger partial charge in [-0.15, -0.1) is 0 Å². The fourth-order valence-electron chi connectivity index (χ4n) is 1.34. The molecule has 1 aliphatic rings. The predicted octanol–water partition coefficient (Wildman–Crippen LogP) is 1.29. The topological polar surface area (TPSA) is 37.4 Å². The third-order valence-corrected chi connectivity index (χ3v) is 3.43. The molecular weight excluding hydrogens is 210 g/mol. The number of hydrogen-bond donors (Lipinski definition) is 0. The average molecular weight is 226 g/mol. The van der Waals surface area contributed by atoms with E-state index in [0.717, 1.165) is 19.0 Å². The molecular formula is C8H16ClNO2S. The molecule has 1 rings (SSSR count). The first-order valence-corrected chi connectivity index (χ1v) is 7.06. The number of nitrogens with zero attached hydrogens (tertiary/aromatic N) is 1. The monoisotopic (exact) mass is 225 g/mol. The fourth-order valence-corrected chi connectivity index (χ4v) is 2.14.